The number of alkyl carbamates (subject to hydrolysis) is 1. The second-order valence-corrected chi connectivity index (χ2v) is 15.7. The van der Waals surface area contributed by atoms with Crippen LogP contribution in [0.4, 0.5) is 4.79 Å². The molecule has 1 aliphatic heterocycles. The number of nitrogens with zero attached hydrogens (tertiary/aromatic N) is 2. The predicted octanol–water partition coefficient (Wildman–Crippen LogP) is 5.53. The lowest BCUT2D eigenvalue weighted by Gasteiger charge is -2.34. The first-order valence-electron chi connectivity index (χ1n) is 20.0. The van der Waals surface area contributed by atoms with E-state index in [0.717, 1.165) is 5.56 Å². The van der Waals surface area contributed by atoms with Crippen molar-refractivity contribution in [1.82, 2.24) is 20.9 Å². The molecule has 1 heterocycles. The molecule has 3 aromatic rings. The Morgan fingerprint density at radius 2 is 1.49 bits per heavy atom. The Hall–Kier alpha value is -6.23. The zero-order valence-corrected chi connectivity index (χ0v) is 34.5. The number of amides is 4. The van der Waals surface area contributed by atoms with Gasteiger partial charge in [0, 0.05) is 13.0 Å². The van der Waals surface area contributed by atoms with Crippen molar-refractivity contribution in [3.05, 3.63) is 107 Å². The minimum atomic E-state index is -1.56. The van der Waals surface area contributed by atoms with Gasteiger partial charge in [-0.25, -0.2) is 14.4 Å². The number of likely N-dealkylation sites (tertiary alicyclic amines) is 1. The summed E-state index contributed by atoms with van der Waals surface area (Å²) in [5.74, 6) is -2.84. The van der Waals surface area contributed by atoms with Crippen molar-refractivity contribution in [2.45, 2.75) is 115 Å². The predicted molar refractivity (Wildman–Crippen MR) is 218 cm³/mol. The highest BCUT2D eigenvalue weighted by Crippen LogP contribution is 2.23. The smallest absolute Gasteiger partial charge is 0.408 e. The summed E-state index contributed by atoms with van der Waals surface area (Å²) in [6.45, 7) is 8.70. The topological polar surface area (TPSA) is 193 Å². The average Bonchev–Trinajstić information content (AvgIpc) is 3.72. The fourth-order valence-corrected chi connectivity index (χ4v) is 6.43. The third kappa shape index (κ3) is 14.0. The highest BCUT2D eigenvalue weighted by molar-refractivity contribution is 5.97. The Morgan fingerprint density at radius 1 is 0.831 bits per heavy atom. The Morgan fingerprint density at radius 3 is 2.12 bits per heavy atom. The molecule has 59 heavy (non-hydrogen) atoms. The van der Waals surface area contributed by atoms with E-state index in [0.29, 0.717) is 42.4 Å². The number of carbonyl (C=O) groups excluding carboxylic acids is 6. The number of carbonyl (C=O) groups is 6. The molecule has 4 atom stereocenters. The Kier molecular flexibility index (Phi) is 16.6. The Labute approximate surface area is 346 Å². The average molecular weight is 810 g/mol. The molecule has 0 radical (unpaired) electrons. The normalized spacial score (nSPS) is 15.7. The molecule has 0 saturated carbocycles. The van der Waals surface area contributed by atoms with Gasteiger partial charge in [0.2, 0.25) is 17.7 Å². The molecule has 14 nitrogen and oxygen atoms in total. The fourth-order valence-electron chi connectivity index (χ4n) is 6.43. The molecule has 1 aliphatic rings. The van der Waals surface area contributed by atoms with E-state index in [1.807, 2.05) is 30.3 Å². The highest BCUT2D eigenvalue weighted by Gasteiger charge is 2.42. The van der Waals surface area contributed by atoms with Crippen LogP contribution in [0.5, 0.6) is 0 Å². The van der Waals surface area contributed by atoms with Crippen molar-refractivity contribution >= 4 is 35.8 Å². The first-order valence-corrected chi connectivity index (χ1v) is 20.0. The lowest BCUT2D eigenvalue weighted by molar-refractivity contribution is -0.155. The Bertz CT molecular complexity index is 1940. The highest BCUT2D eigenvalue weighted by atomic mass is 16.6. The van der Waals surface area contributed by atoms with Crippen LogP contribution in [-0.4, -0.2) is 83.1 Å². The molecule has 1 fully saturated rings. The van der Waals surface area contributed by atoms with Crippen LogP contribution in [-0.2, 0) is 46.4 Å². The van der Waals surface area contributed by atoms with Crippen molar-refractivity contribution in [3.8, 4) is 6.07 Å². The number of hydrogen-bond acceptors (Lipinski definition) is 10. The molecule has 0 unspecified atom stereocenters. The Balaban J connectivity index is 1.48. The van der Waals surface area contributed by atoms with Crippen LogP contribution < -0.4 is 16.0 Å². The van der Waals surface area contributed by atoms with Crippen molar-refractivity contribution < 1.29 is 43.0 Å². The zero-order chi connectivity index (χ0) is 43.0. The lowest BCUT2D eigenvalue weighted by Crippen LogP contribution is -2.63. The van der Waals surface area contributed by atoms with E-state index in [2.05, 4.69) is 22.0 Å². The van der Waals surface area contributed by atoms with Gasteiger partial charge in [-0.2, -0.15) is 5.26 Å². The number of ether oxygens (including phenoxy) is 3. The van der Waals surface area contributed by atoms with Crippen LogP contribution in [0.1, 0.15) is 100 Å². The first kappa shape index (κ1) is 45.5. The van der Waals surface area contributed by atoms with Gasteiger partial charge in [-0.3, -0.25) is 14.4 Å². The van der Waals surface area contributed by atoms with E-state index in [-0.39, 0.29) is 39.0 Å². The number of esters is 2. The summed E-state index contributed by atoms with van der Waals surface area (Å²) in [5, 5.41) is 17.6. The lowest BCUT2D eigenvalue weighted by atomic mass is 9.94. The molecule has 0 aromatic heterocycles. The van der Waals surface area contributed by atoms with Gasteiger partial charge < -0.3 is 35.1 Å². The van der Waals surface area contributed by atoms with Gasteiger partial charge in [0.25, 0.3) is 0 Å². The van der Waals surface area contributed by atoms with Crippen LogP contribution in [0.25, 0.3) is 0 Å². The molecule has 0 bridgehead atoms. The summed E-state index contributed by atoms with van der Waals surface area (Å²) in [6, 6.07) is 23.3. The van der Waals surface area contributed by atoms with E-state index >= 15 is 0 Å². The number of rotatable bonds is 18. The molecule has 314 valence electrons. The summed E-state index contributed by atoms with van der Waals surface area (Å²) < 4.78 is 16.4. The zero-order valence-electron chi connectivity index (χ0n) is 34.5. The van der Waals surface area contributed by atoms with Crippen LogP contribution in [0, 0.1) is 11.3 Å². The summed E-state index contributed by atoms with van der Waals surface area (Å²) in [7, 11) is 0. The van der Waals surface area contributed by atoms with Crippen LogP contribution in [0.15, 0.2) is 84.9 Å². The van der Waals surface area contributed by atoms with Gasteiger partial charge in [-0.15, -0.1) is 0 Å². The van der Waals surface area contributed by atoms with Gasteiger partial charge in [0.1, 0.15) is 35.9 Å². The molecule has 3 aromatic carbocycles. The van der Waals surface area contributed by atoms with Gasteiger partial charge >= 0.3 is 18.0 Å². The number of unbranched alkanes of at least 4 members (excludes halogenated alkanes) is 1. The van der Waals surface area contributed by atoms with Crippen LogP contribution >= 0.6 is 0 Å². The number of nitriles is 1. The van der Waals surface area contributed by atoms with Crippen LogP contribution in [0.2, 0.25) is 0 Å². The molecular formula is C45H55N5O9. The van der Waals surface area contributed by atoms with Crippen LogP contribution in [0.3, 0.4) is 0 Å². The molecule has 4 rings (SSSR count). The van der Waals surface area contributed by atoms with Gasteiger partial charge in [-0.1, -0.05) is 67.6 Å². The third-order valence-corrected chi connectivity index (χ3v) is 9.90. The summed E-state index contributed by atoms with van der Waals surface area (Å²) in [6.07, 6.45) is 1.15. The van der Waals surface area contributed by atoms with Crippen molar-refractivity contribution in [2.24, 2.45) is 0 Å². The number of hydrogen-bond donors (Lipinski definition) is 3. The summed E-state index contributed by atoms with van der Waals surface area (Å²) in [4.78, 5) is 82.5. The molecule has 14 heteroatoms. The van der Waals surface area contributed by atoms with E-state index in [9.17, 15) is 34.0 Å². The summed E-state index contributed by atoms with van der Waals surface area (Å²) >= 11 is 0. The number of nitrogens with one attached hydrogen (secondary N) is 3. The van der Waals surface area contributed by atoms with E-state index in [1.165, 1.54) is 11.8 Å². The molecule has 3 N–H and O–H groups in total. The second kappa shape index (κ2) is 21.5. The van der Waals surface area contributed by atoms with Crippen molar-refractivity contribution in [2.75, 3.05) is 13.2 Å². The van der Waals surface area contributed by atoms with Crippen molar-refractivity contribution in [3.63, 3.8) is 0 Å². The minimum absolute atomic E-state index is 0.0317. The number of benzene rings is 3. The van der Waals surface area contributed by atoms with E-state index in [1.54, 1.807) is 82.3 Å². The maximum Gasteiger partial charge on any atom is 0.408 e. The standard InChI is InChI=1S/C45H55N5O9/c1-6-45(5,49-38(51)35(48-43(56)59-44(2,3)4)20-13-14-27-57-40(53)34-18-11-8-12-19-34)42(55)47-36(28-31-22-24-32(29-46)25-23-31)39(52)50-26-15-21-37(50)41(54)58-30-33-16-9-7-10-17-33/h7-12,16-19,22-25,35-37H,6,13-15,20-21,26-28,30H2,1-5H3,(H,47,55)(H,48,56)(H,49,51)/t35-,36-,37+,45-/m0/s1. The second-order valence-electron chi connectivity index (χ2n) is 15.7. The third-order valence-electron chi connectivity index (χ3n) is 9.90. The van der Waals surface area contributed by atoms with E-state index < -0.39 is 65.0 Å². The maximum absolute atomic E-state index is 14.3. The van der Waals surface area contributed by atoms with Gasteiger partial charge in [0.05, 0.1) is 23.8 Å². The quantitative estimate of drug-likeness (QED) is 0.0837. The molecule has 1 saturated heterocycles. The monoisotopic (exact) mass is 809 g/mol. The largest absolute Gasteiger partial charge is 0.462 e. The van der Waals surface area contributed by atoms with Gasteiger partial charge in [0.15, 0.2) is 0 Å². The SMILES string of the molecule is CC[C@](C)(NC(=O)[C@H](CCCCOC(=O)c1ccccc1)NC(=O)OC(C)(C)C)C(=O)N[C@@H](Cc1ccc(C#N)cc1)C(=O)N1CCC[C@@H]1C(=O)OCc1ccccc1. The maximum atomic E-state index is 14.3. The first-order chi connectivity index (χ1) is 28.1. The molecule has 4 amide bonds. The van der Waals surface area contributed by atoms with E-state index in [4.69, 9.17) is 14.2 Å². The molecule has 0 aliphatic carbocycles. The fraction of sp³-hybridized carbons (Fsp3) is 0.444. The van der Waals surface area contributed by atoms with Crippen molar-refractivity contribution in [1.29, 1.82) is 5.26 Å². The molecule has 0 spiro atoms. The molecular weight excluding hydrogens is 755 g/mol. The summed E-state index contributed by atoms with van der Waals surface area (Å²) in [5.41, 5.74) is -0.114. The minimum Gasteiger partial charge on any atom is -0.462 e. The van der Waals surface area contributed by atoms with Gasteiger partial charge in [-0.05, 0) is 102 Å².